The van der Waals surface area contributed by atoms with Crippen molar-refractivity contribution in [1.82, 2.24) is 20.3 Å². The maximum Gasteiger partial charge on any atom is 0.298 e. The van der Waals surface area contributed by atoms with E-state index in [4.69, 9.17) is 0 Å². The maximum absolute atomic E-state index is 3.67. The first-order chi connectivity index (χ1) is 8.24. The highest BCUT2D eigenvalue weighted by Gasteiger charge is 2.36. The second-order valence-corrected chi connectivity index (χ2v) is 6.91. The Morgan fingerprint density at radius 2 is 0.765 bits per heavy atom. The summed E-state index contributed by atoms with van der Waals surface area (Å²) in [4.78, 5) is 0. The quantitative estimate of drug-likeness (QED) is 0.409. The lowest BCUT2D eigenvalue weighted by atomic mass is 10.5. The summed E-state index contributed by atoms with van der Waals surface area (Å²) in [5, 5.41) is 14.7. The number of hydrogen-bond donors (Lipinski definition) is 4. The molecule has 0 spiro atoms. The van der Waals surface area contributed by atoms with Gasteiger partial charge < -0.3 is 0 Å². The molecule has 4 nitrogen and oxygen atoms in total. The normalized spacial score (nSPS) is 12.0. The van der Waals surface area contributed by atoms with Gasteiger partial charge in [-0.2, -0.15) is 0 Å². The van der Waals surface area contributed by atoms with Crippen LogP contribution in [0.25, 0.3) is 0 Å². The zero-order valence-corrected chi connectivity index (χ0v) is 13.0. The van der Waals surface area contributed by atoms with Crippen LogP contribution in [-0.4, -0.2) is 26.2 Å². The second kappa shape index (κ2) is 11.4. The first-order valence-corrected chi connectivity index (χ1v) is 8.93. The van der Waals surface area contributed by atoms with Gasteiger partial charge >= 0.3 is 0 Å². The summed E-state index contributed by atoms with van der Waals surface area (Å²) >= 11 is 0. The molecule has 0 aliphatic carbocycles. The van der Waals surface area contributed by atoms with Crippen molar-refractivity contribution in [3.8, 4) is 0 Å². The standard InChI is InChI=1S/C12H32N4P/c1-5-9-13-17(14-10-6-2,15-11-7-3)16-12-8-4/h13-16H,5-12H2,1-4H3/q+1. The van der Waals surface area contributed by atoms with Crippen molar-refractivity contribution in [2.24, 2.45) is 0 Å². The van der Waals surface area contributed by atoms with Gasteiger partial charge in [-0.05, 0) is 25.7 Å². The molecule has 0 aromatic rings. The molecule has 0 aliphatic heterocycles. The van der Waals surface area contributed by atoms with Crippen molar-refractivity contribution in [3.63, 3.8) is 0 Å². The van der Waals surface area contributed by atoms with Crippen LogP contribution in [0.5, 0.6) is 0 Å². The summed E-state index contributed by atoms with van der Waals surface area (Å²) in [6.45, 7) is 13.1. The van der Waals surface area contributed by atoms with E-state index in [1.54, 1.807) is 0 Å². The Balaban J connectivity index is 4.39. The summed E-state index contributed by atoms with van der Waals surface area (Å²) in [6.07, 6.45) is 4.66. The van der Waals surface area contributed by atoms with E-state index in [-0.39, 0.29) is 0 Å². The van der Waals surface area contributed by atoms with Crippen LogP contribution in [0.3, 0.4) is 0 Å². The van der Waals surface area contributed by atoms with Crippen LogP contribution in [0.15, 0.2) is 0 Å². The molecule has 0 radical (unpaired) electrons. The predicted molar refractivity (Wildman–Crippen MR) is 80.1 cm³/mol. The molecule has 0 amide bonds. The van der Waals surface area contributed by atoms with Crippen LogP contribution in [-0.2, 0) is 0 Å². The van der Waals surface area contributed by atoms with Crippen molar-refractivity contribution in [3.05, 3.63) is 0 Å². The van der Waals surface area contributed by atoms with E-state index in [0.717, 1.165) is 51.9 Å². The highest BCUT2D eigenvalue weighted by atomic mass is 31.2. The summed E-state index contributed by atoms with van der Waals surface area (Å²) in [5.74, 6) is 0. The smallest absolute Gasteiger partial charge is 0.146 e. The van der Waals surface area contributed by atoms with Crippen molar-refractivity contribution < 1.29 is 0 Å². The van der Waals surface area contributed by atoms with Crippen LogP contribution in [0, 0.1) is 0 Å². The van der Waals surface area contributed by atoms with E-state index in [0.29, 0.717) is 0 Å². The molecule has 0 fully saturated rings. The number of rotatable bonds is 12. The molecule has 0 saturated heterocycles. The van der Waals surface area contributed by atoms with Gasteiger partial charge in [0.1, 0.15) is 0 Å². The van der Waals surface area contributed by atoms with Gasteiger partial charge in [0.15, 0.2) is 0 Å². The molecule has 0 bridgehead atoms. The zero-order chi connectivity index (χ0) is 13.0. The average Bonchev–Trinajstić information content (AvgIpc) is 2.37. The van der Waals surface area contributed by atoms with Gasteiger partial charge in [-0.15, -0.1) is 20.3 Å². The third-order valence-electron chi connectivity index (χ3n) is 2.40. The summed E-state index contributed by atoms with van der Waals surface area (Å²) < 4.78 is 0. The minimum atomic E-state index is -1.56. The summed E-state index contributed by atoms with van der Waals surface area (Å²) in [5.41, 5.74) is 0. The third-order valence-corrected chi connectivity index (χ3v) is 5.19. The van der Waals surface area contributed by atoms with Crippen molar-refractivity contribution in [1.29, 1.82) is 0 Å². The Morgan fingerprint density at radius 1 is 0.529 bits per heavy atom. The fourth-order valence-corrected chi connectivity index (χ4v) is 4.36. The van der Waals surface area contributed by atoms with Gasteiger partial charge in [-0.25, -0.2) is 0 Å². The Bertz CT molecular complexity index is 129. The summed E-state index contributed by atoms with van der Waals surface area (Å²) in [7, 11) is -1.56. The lowest BCUT2D eigenvalue weighted by Crippen LogP contribution is -2.46. The first-order valence-electron chi connectivity index (χ1n) is 7.14. The predicted octanol–water partition coefficient (Wildman–Crippen LogP) is 2.66. The fraction of sp³-hybridized carbons (Fsp3) is 1.00. The van der Waals surface area contributed by atoms with Gasteiger partial charge in [0.05, 0.1) is 0 Å². The van der Waals surface area contributed by atoms with Gasteiger partial charge in [0.25, 0.3) is 7.87 Å². The average molecular weight is 263 g/mol. The molecule has 0 aromatic heterocycles. The Labute approximate surface area is 108 Å². The van der Waals surface area contributed by atoms with E-state index in [9.17, 15) is 0 Å². The SMILES string of the molecule is CCCN[P+](NCCC)(NCCC)NCCC. The van der Waals surface area contributed by atoms with E-state index in [1.165, 1.54) is 0 Å². The Morgan fingerprint density at radius 3 is 0.941 bits per heavy atom. The number of nitrogens with one attached hydrogen (secondary N) is 4. The third kappa shape index (κ3) is 8.06. The summed E-state index contributed by atoms with van der Waals surface area (Å²) in [6, 6.07) is 0. The van der Waals surface area contributed by atoms with Crippen LogP contribution < -0.4 is 20.3 Å². The molecule has 0 aromatic carbocycles. The largest absolute Gasteiger partial charge is 0.298 e. The van der Waals surface area contributed by atoms with Gasteiger partial charge in [0.2, 0.25) is 0 Å². The van der Waals surface area contributed by atoms with Crippen molar-refractivity contribution in [2.75, 3.05) is 26.2 Å². The highest BCUT2D eigenvalue weighted by molar-refractivity contribution is 7.68. The van der Waals surface area contributed by atoms with Gasteiger partial charge in [-0.3, -0.25) is 0 Å². The molecule has 0 rings (SSSR count). The lowest BCUT2D eigenvalue weighted by molar-refractivity contribution is 0.715. The molecule has 0 heterocycles. The van der Waals surface area contributed by atoms with Crippen molar-refractivity contribution >= 4 is 7.87 Å². The fourth-order valence-electron chi connectivity index (χ4n) is 1.45. The minimum Gasteiger partial charge on any atom is -0.146 e. The van der Waals surface area contributed by atoms with E-state index < -0.39 is 7.87 Å². The molecule has 0 atom stereocenters. The molecule has 104 valence electrons. The second-order valence-electron chi connectivity index (χ2n) is 4.30. The molecular formula is C12H32N4P+. The maximum atomic E-state index is 3.67. The molecular weight excluding hydrogens is 231 g/mol. The Hall–Kier alpha value is 0.270. The molecule has 0 unspecified atom stereocenters. The van der Waals surface area contributed by atoms with Crippen LogP contribution in [0.2, 0.25) is 0 Å². The molecule has 4 N–H and O–H groups in total. The van der Waals surface area contributed by atoms with Crippen LogP contribution in [0.1, 0.15) is 53.4 Å². The van der Waals surface area contributed by atoms with E-state index in [1.807, 2.05) is 0 Å². The molecule has 5 heteroatoms. The zero-order valence-electron chi connectivity index (χ0n) is 12.1. The topological polar surface area (TPSA) is 48.1 Å². The monoisotopic (exact) mass is 263 g/mol. The Kier molecular flexibility index (Phi) is 11.5. The molecule has 17 heavy (non-hydrogen) atoms. The minimum absolute atomic E-state index is 1.05. The van der Waals surface area contributed by atoms with E-state index >= 15 is 0 Å². The van der Waals surface area contributed by atoms with Crippen LogP contribution >= 0.6 is 7.87 Å². The number of hydrogen-bond acceptors (Lipinski definition) is 4. The highest BCUT2D eigenvalue weighted by Crippen LogP contribution is 2.40. The van der Waals surface area contributed by atoms with Gasteiger partial charge in [0, 0.05) is 26.2 Å². The van der Waals surface area contributed by atoms with Crippen molar-refractivity contribution in [2.45, 2.75) is 53.4 Å². The lowest BCUT2D eigenvalue weighted by Gasteiger charge is -2.27. The molecule has 0 aliphatic rings. The van der Waals surface area contributed by atoms with E-state index in [2.05, 4.69) is 48.0 Å². The van der Waals surface area contributed by atoms with Gasteiger partial charge in [-0.1, -0.05) is 27.7 Å². The first kappa shape index (κ1) is 17.3. The van der Waals surface area contributed by atoms with Crippen LogP contribution in [0.4, 0.5) is 0 Å². The molecule has 0 saturated carbocycles.